The molecule has 0 bridgehead atoms. The maximum atomic E-state index is 12.8. The molecule has 0 saturated carbocycles. The van der Waals surface area contributed by atoms with Gasteiger partial charge in [0.2, 0.25) is 17.7 Å². The van der Waals surface area contributed by atoms with E-state index in [0.717, 1.165) is 35.5 Å². The van der Waals surface area contributed by atoms with Gasteiger partial charge in [-0.15, -0.1) is 0 Å². The number of para-hydroxylation sites is 2. The van der Waals surface area contributed by atoms with Crippen LogP contribution >= 0.6 is 39.1 Å². The van der Waals surface area contributed by atoms with Crippen molar-refractivity contribution in [2.45, 2.75) is 88.6 Å². The number of alkyl halides is 1. The van der Waals surface area contributed by atoms with Gasteiger partial charge in [0.05, 0.1) is 27.1 Å². The Kier molecular flexibility index (Phi) is 21.3. The first-order valence-corrected chi connectivity index (χ1v) is 26.5. The summed E-state index contributed by atoms with van der Waals surface area (Å²) >= 11 is 15.7. The van der Waals surface area contributed by atoms with E-state index in [0.29, 0.717) is 45.8 Å². The minimum atomic E-state index is -0.935. The maximum absolute atomic E-state index is 12.8. The molecule has 2 heterocycles. The Hall–Kier alpha value is -7.60. The summed E-state index contributed by atoms with van der Waals surface area (Å²) in [5.41, 5.74) is 14.9. The van der Waals surface area contributed by atoms with Crippen LogP contribution in [-0.2, 0) is 32.0 Å². The third kappa shape index (κ3) is 17.2. The highest BCUT2D eigenvalue weighted by Gasteiger charge is 2.34. The number of nitrogens with one attached hydrogen (secondary N) is 2. The third-order valence-corrected chi connectivity index (χ3v) is 13.3. The Bertz CT molecular complexity index is 2990. The van der Waals surface area contributed by atoms with Gasteiger partial charge in [0.1, 0.15) is 35.1 Å². The van der Waals surface area contributed by atoms with Crippen molar-refractivity contribution in [1.82, 2.24) is 10.6 Å². The molecule has 2 saturated heterocycles. The van der Waals surface area contributed by atoms with Crippen molar-refractivity contribution in [1.29, 1.82) is 0 Å². The van der Waals surface area contributed by atoms with Gasteiger partial charge in [-0.25, -0.2) is 0 Å². The highest BCUT2D eigenvalue weighted by Crippen LogP contribution is 2.29. The molecular weight excluding hydrogens is 1090 g/mol. The number of nitrogens with two attached hydrogens (primary N) is 2. The van der Waals surface area contributed by atoms with Crippen LogP contribution in [0.4, 0.5) is 11.4 Å². The van der Waals surface area contributed by atoms with Gasteiger partial charge in [-0.05, 0) is 130 Å². The number of anilines is 2. The summed E-state index contributed by atoms with van der Waals surface area (Å²) in [6, 6.07) is 40.1. The molecule has 0 aromatic heterocycles. The van der Waals surface area contributed by atoms with Crippen molar-refractivity contribution in [2.75, 3.05) is 22.9 Å². The number of carbonyl (C=O) groups is 6. The molecule has 16 nitrogen and oxygen atoms in total. The number of phenols is 1. The monoisotopic (exact) mass is 1150 g/mol. The molecule has 77 heavy (non-hydrogen) atoms. The number of ether oxygens (including phenoxy) is 3. The maximum Gasteiger partial charge on any atom is 0.268 e. The molecule has 2 fully saturated rings. The zero-order valence-corrected chi connectivity index (χ0v) is 46.0. The number of rotatable bonds is 18. The molecule has 6 aromatic carbocycles. The van der Waals surface area contributed by atoms with E-state index in [2.05, 4.69) is 26.6 Å². The zero-order chi connectivity index (χ0) is 55.8. The number of aromatic hydroxyl groups is 1. The Labute approximate surface area is 466 Å². The second-order valence-electron chi connectivity index (χ2n) is 18.5. The van der Waals surface area contributed by atoms with Crippen LogP contribution in [0.3, 0.4) is 0 Å². The van der Waals surface area contributed by atoms with Crippen LogP contribution in [0.2, 0.25) is 10.0 Å². The largest absolute Gasteiger partial charge is 0.508 e. The van der Waals surface area contributed by atoms with Crippen molar-refractivity contribution in [2.24, 2.45) is 11.5 Å². The molecule has 4 atom stereocenters. The van der Waals surface area contributed by atoms with Crippen LogP contribution in [0.5, 0.6) is 23.0 Å². The van der Waals surface area contributed by atoms with Gasteiger partial charge < -0.3 is 51.2 Å². The van der Waals surface area contributed by atoms with Crippen molar-refractivity contribution in [3.63, 3.8) is 0 Å². The quantitative estimate of drug-likeness (QED) is 0.0513. The summed E-state index contributed by atoms with van der Waals surface area (Å²) in [5, 5.41) is 15.2. The summed E-state index contributed by atoms with van der Waals surface area (Å²) in [5.74, 6) is -0.564. The van der Waals surface area contributed by atoms with Crippen molar-refractivity contribution in [3.05, 3.63) is 178 Å². The molecule has 8 rings (SSSR count). The number of amides is 6. The third-order valence-electron chi connectivity index (χ3n) is 11.9. The lowest BCUT2D eigenvalue weighted by Crippen LogP contribution is -2.45. The number of hydrogen-bond donors (Lipinski definition) is 5. The predicted octanol–water partition coefficient (Wildman–Crippen LogP) is 8.98. The molecule has 0 spiro atoms. The van der Waals surface area contributed by atoms with Gasteiger partial charge in [0.15, 0.2) is 6.10 Å². The van der Waals surface area contributed by atoms with Gasteiger partial charge in [-0.2, -0.15) is 0 Å². The molecule has 404 valence electrons. The van der Waals surface area contributed by atoms with E-state index in [4.69, 9.17) is 48.9 Å². The first-order chi connectivity index (χ1) is 36.8. The lowest BCUT2D eigenvalue weighted by atomic mass is 10.0. The SMILES string of the molecule is CC(C)Oc1ccc(C(=O)N[C@@H](Cc2ccc(O)cc2)C(N)=O)cc1Cl.CC(C)Oc1ccc(C(=O)N[C@@H](Cc2ccc(OC3CCN(c4ccccc4)C3=O)cc2)C(N)=O)cc1Cl.O=C1C(Br)CCN1c1ccccc1. The van der Waals surface area contributed by atoms with Gasteiger partial charge in [0, 0.05) is 54.9 Å². The van der Waals surface area contributed by atoms with E-state index >= 15 is 0 Å². The van der Waals surface area contributed by atoms with E-state index in [9.17, 15) is 33.9 Å². The van der Waals surface area contributed by atoms with Crippen LogP contribution in [0.25, 0.3) is 0 Å². The number of phenolic OH excluding ortho intramolecular Hbond substituents is 1. The molecule has 2 aliphatic rings. The molecule has 0 aliphatic carbocycles. The fourth-order valence-corrected chi connectivity index (χ4v) is 8.92. The van der Waals surface area contributed by atoms with Crippen molar-refractivity contribution in [3.8, 4) is 23.0 Å². The lowest BCUT2D eigenvalue weighted by molar-refractivity contribution is -0.123. The molecular formula is C58H61BrCl2N6O10. The van der Waals surface area contributed by atoms with Gasteiger partial charge in [0.25, 0.3) is 17.7 Å². The average Bonchev–Trinajstić information content (AvgIpc) is 3.94. The molecule has 6 amide bonds. The fraction of sp³-hybridized carbons (Fsp3) is 0.276. The Balaban J connectivity index is 0.000000211. The van der Waals surface area contributed by atoms with Crippen LogP contribution in [-0.4, -0.2) is 88.9 Å². The number of nitrogens with zero attached hydrogens (tertiary/aromatic N) is 2. The molecule has 0 radical (unpaired) electrons. The zero-order valence-electron chi connectivity index (χ0n) is 42.9. The smallest absolute Gasteiger partial charge is 0.268 e. The number of hydrogen-bond acceptors (Lipinski definition) is 10. The normalized spacial score (nSPS) is 15.6. The first-order valence-electron chi connectivity index (χ1n) is 24.8. The molecule has 7 N–H and O–H groups in total. The topological polar surface area (TPSA) is 233 Å². The van der Waals surface area contributed by atoms with Crippen molar-refractivity contribution < 1.29 is 48.1 Å². The average molecular weight is 1150 g/mol. The Morgan fingerprint density at radius 2 is 1.03 bits per heavy atom. The summed E-state index contributed by atoms with van der Waals surface area (Å²) in [6.45, 7) is 8.90. The van der Waals surface area contributed by atoms with Crippen LogP contribution < -0.4 is 46.1 Å². The van der Waals surface area contributed by atoms with E-state index in [1.807, 2.05) is 93.3 Å². The highest BCUT2D eigenvalue weighted by molar-refractivity contribution is 9.10. The number of carbonyl (C=O) groups excluding carboxylic acids is 6. The van der Waals surface area contributed by atoms with Gasteiger partial charge in [-0.1, -0.05) is 99.8 Å². The van der Waals surface area contributed by atoms with Crippen LogP contribution in [0.15, 0.2) is 146 Å². The standard InChI is InChI=1S/C29H30ClN3O5.C19H21ClN2O4.C10H10BrNO/c1-18(2)37-25-13-10-20(17-23(25)30)28(35)32-24(27(31)34)16-19-8-11-22(12-9-19)38-26-14-15-33(29(26)36)21-6-4-3-5-7-21;1-11(2)26-17-8-5-13(10-15(17)20)19(25)22-16(18(21)24)9-12-3-6-14(23)7-4-12;11-9-6-7-12(10(9)13)8-4-2-1-3-5-8/h3-13,17-18,24,26H,14-16H2,1-2H3,(H2,31,34)(H,32,35);3-8,10-11,16,23H,9H2,1-2H3,(H2,21,24)(H,22,25);1-5,9H,6-7H2/t24-,26?;16-;/m00./s1. The summed E-state index contributed by atoms with van der Waals surface area (Å²) in [7, 11) is 0. The van der Waals surface area contributed by atoms with E-state index in [1.54, 1.807) is 65.6 Å². The lowest BCUT2D eigenvalue weighted by Gasteiger charge is -2.18. The molecule has 2 aliphatic heterocycles. The summed E-state index contributed by atoms with van der Waals surface area (Å²) in [6.07, 6.45) is 1.20. The van der Waals surface area contributed by atoms with E-state index in [1.165, 1.54) is 24.3 Å². The van der Waals surface area contributed by atoms with Crippen LogP contribution in [0, 0.1) is 0 Å². The number of benzene rings is 6. The summed E-state index contributed by atoms with van der Waals surface area (Å²) in [4.78, 5) is 76.9. The van der Waals surface area contributed by atoms with Crippen LogP contribution in [0.1, 0.15) is 72.4 Å². The first kappa shape index (κ1) is 58.7. The minimum Gasteiger partial charge on any atom is -0.508 e. The molecule has 6 aromatic rings. The Morgan fingerprint density at radius 1 is 0.610 bits per heavy atom. The second kappa shape index (κ2) is 28.0. The Morgan fingerprint density at radius 3 is 1.42 bits per heavy atom. The number of halogens is 3. The second-order valence-corrected chi connectivity index (χ2v) is 20.4. The minimum absolute atomic E-state index is 0.00714. The van der Waals surface area contributed by atoms with Crippen molar-refractivity contribution >= 4 is 85.9 Å². The molecule has 2 unspecified atom stereocenters. The van der Waals surface area contributed by atoms with E-state index < -0.39 is 41.8 Å². The van der Waals surface area contributed by atoms with Gasteiger partial charge in [-0.3, -0.25) is 28.8 Å². The highest BCUT2D eigenvalue weighted by atomic mass is 79.9. The summed E-state index contributed by atoms with van der Waals surface area (Å²) < 4.78 is 17.1. The number of primary amides is 2. The molecule has 19 heteroatoms. The van der Waals surface area contributed by atoms with E-state index in [-0.39, 0.29) is 53.0 Å². The van der Waals surface area contributed by atoms with Gasteiger partial charge >= 0.3 is 0 Å². The predicted molar refractivity (Wildman–Crippen MR) is 301 cm³/mol. The fourth-order valence-electron chi connectivity index (χ4n) is 8.02.